The molecule has 0 aliphatic heterocycles. The van der Waals surface area contributed by atoms with Crippen LogP contribution in [-0.4, -0.2) is 14.5 Å². The van der Waals surface area contributed by atoms with Crippen LogP contribution >= 0.6 is 11.3 Å². The second kappa shape index (κ2) is 9.83. The summed E-state index contributed by atoms with van der Waals surface area (Å²) in [6.45, 7) is 0. The lowest BCUT2D eigenvalue weighted by Gasteiger charge is -2.15. The Morgan fingerprint density at radius 1 is 0.500 bits per heavy atom. The number of nitrogens with zero attached hydrogens (tertiary/aromatic N) is 3. The lowest BCUT2D eigenvalue weighted by Crippen LogP contribution is -2.03. The molecule has 214 valence electrons. The highest BCUT2D eigenvalue weighted by molar-refractivity contribution is 7.27. The normalized spacial score (nSPS) is 11.9. The van der Waals surface area contributed by atoms with Crippen molar-refractivity contribution in [2.24, 2.45) is 0 Å². The summed E-state index contributed by atoms with van der Waals surface area (Å²) >= 11 is 1.89. The van der Waals surface area contributed by atoms with E-state index in [1.165, 1.54) is 58.0 Å². The zero-order valence-electron chi connectivity index (χ0n) is 24.7. The van der Waals surface area contributed by atoms with Crippen LogP contribution in [0.1, 0.15) is 0 Å². The number of benzene rings is 7. The highest BCUT2D eigenvalue weighted by atomic mass is 32.1. The number of aromatic nitrogens is 3. The highest BCUT2D eigenvalue weighted by Gasteiger charge is 2.25. The van der Waals surface area contributed by atoms with Gasteiger partial charge in [-0.25, -0.2) is 9.97 Å². The summed E-state index contributed by atoms with van der Waals surface area (Å²) in [7, 11) is 0. The van der Waals surface area contributed by atoms with E-state index in [1.807, 2.05) is 35.7 Å². The van der Waals surface area contributed by atoms with Gasteiger partial charge in [-0.3, -0.25) is 0 Å². The van der Waals surface area contributed by atoms with E-state index in [0.717, 1.165) is 28.0 Å². The maximum atomic E-state index is 5.29. The summed E-state index contributed by atoms with van der Waals surface area (Å²) in [5, 5.41) is 10.2. The van der Waals surface area contributed by atoms with Gasteiger partial charge in [0.1, 0.15) is 0 Å². The fourth-order valence-corrected chi connectivity index (χ4v) is 8.53. The average molecular weight is 604 g/mol. The Bertz CT molecular complexity index is 2790. The molecule has 10 rings (SSSR count). The van der Waals surface area contributed by atoms with Crippen LogP contribution in [0.2, 0.25) is 0 Å². The van der Waals surface area contributed by atoms with E-state index in [-0.39, 0.29) is 0 Å². The molecule has 3 heterocycles. The Hall–Kier alpha value is -5.84. The third-order valence-electron chi connectivity index (χ3n) is 9.22. The first kappa shape index (κ1) is 25.5. The van der Waals surface area contributed by atoms with Crippen LogP contribution in [0.25, 0.3) is 91.9 Å². The second-order valence-electron chi connectivity index (χ2n) is 11.7. The molecule has 0 unspecified atom stereocenters. The SMILES string of the molecule is c1ccc(-c2ncc(-n3c4ccc5ccccc5c4c4c5sc6ccccc6c5c5ccccc5c43)c(-c3ccccc3)n2)cc1. The number of fused-ring (bicyclic) bond motifs is 12. The number of hydrogen-bond donors (Lipinski definition) is 0. The van der Waals surface area contributed by atoms with Gasteiger partial charge in [0.25, 0.3) is 0 Å². The standard InChI is InChI=1S/C42H25N3S/c1-3-14-27(15-4-1)39-34(25-43-42(44-39)28-16-5-2-6-17-28)45-33-24-23-26-13-7-8-18-29(26)37(33)38-40(45)31-20-10-9-19-30(31)36-32-21-11-12-22-35(32)46-41(36)38/h1-25H. The quantitative estimate of drug-likeness (QED) is 0.201. The van der Waals surface area contributed by atoms with E-state index >= 15 is 0 Å². The van der Waals surface area contributed by atoms with Crippen molar-refractivity contribution < 1.29 is 0 Å². The van der Waals surface area contributed by atoms with Crippen molar-refractivity contribution in [1.82, 2.24) is 14.5 Å². The first-order valence-corrected chi connectivity index (χ1v) is 16.3. The van der Waals surface area contributed by atoms with Crippen LogP contribution in [-0.2, 0) is 0 Å². The van der Waals surface area contributed by atoms with Gasteiger partial charge in [-0.15, -0.1) is 11.3 Å². The molecule has 0 aliphatic rings. The van der Waals surface area contributed by atoms with Gasteiger partial charge in [0.15, 0.2) is 5.82 Å². The van der Waals surface area contributed by atoms with Gasteiger partial charge in [0, 0.05) is 47.5 Å². The van der Waals surface area contributed by atoms with Gasteiger partial charge in [-0.2, -0.15) is 0 Å². The van der Waals surface area contributed by atoms with E-state index in [1.54, 1.807) is 0 Å². The molecule has 0 bridgehead atoms. The average Bonchev–Trinajstić information content (AvgIpc) is 3.69. The largest absolute Gasteiger partial charge is 0.305 e. The monoisotopic (exact) mass is 603 g/mol. The lowest BCUT2D eigenvalue weighted by atomic mass is 9.98. The Labute approximate surface area is 268 Å². The zero-order valence-corrected chi connectivity index (χ0v) is 25.5. The summed E-state index contributed by atoms with van der Waals surface area (Å²) in [5.41, 5.74) is 6.26. The van der Waals surface area contributed by atoms with Crippen molar-refractivity contribution in [3.05, 3.63) is 152 Å². The molecule has 0 atom stereocenters. The Kier molecular flexibility index (Phi) is 5.45. The second-order valence-corrected chi connectivity index (χ2v) is 12.8. The molecule has 3 aromatic heterocycles. The Morgan fingerprint density at radius 3 is 1.96 bits per heavy atom. The third kappa shape index (κ3) is 3.59. The summed E-state index contributed by atoms with van der Waals surface area (Å²) in [6.07, 6.45) is 2.02. The van der Waals surface area contributed by atoms with Crippen LogP contribution in [0.4, 0.5) is 0 Å². The molecule has 0 N–H and O–H groups in total. The first-order chi connectivity index (χ1) is 22.8. The van der Waals surface area contributed by atoms with Crippen molar-refractivity contribution in [3.63, 3.8) is 0 Å². The van der Waals surface area contributed by atoms with Gasteiger partial charge in [0.05, 0.1) is 28.6 Å². The van der Waals surface area contributed by atoms with E-state index in [0.29, 0.717) is 5.82 Å². The molecule has 0 saturated carbocycles. The third-order valence-corrected chi connectivity index (χ3v) is 10.4. The maximum Gasteiger partial charge on any atom is 0.159 e. The summed E-state index contributed by atoms with van der Waals surface area (Å²) in [6, 6.07) is 51.8. The van der Waals surface area contributed by atoms with Crippen LogP contribution in [0.3, 0.4) is 0 Å². The zero-order chi connectivity index (χ0) is 30.2. The van der Waals surface area contributed by atoms with Crippen molar-refractivity contribution in [1.29, 1.82) is 0 Å². The molecular formula is C42H25N3S. The minimum Gasteiger partial charge on any atom is -0.305 e. The highest BCUT2D eigenvalue weighted by Crippen LogP contribution is 2.49. The van der Waals surface area contributed by atoms with Crippen molar-refractivity contribution in [2.75, 3.05) is 0 Å². The Morgan fingerprint density at radius 2 is 1.15 bits per heavy atom. The summed E-state index contributed by atoms with van der Waals surface area (Å²) in [5.74, 6) is 0.714. The molecule has 0 fully saturated rings. The minimum absolute atomic E-state index is 0.714. The van der Waals surface area contributed by atoms with Gasteiger partial charge >= 0.3 is 0 Å². The van der Waals surface area contributed by atoms with Crippen LogP contribution in [0.5, 0.6) is 0 Å². The molecule has 0 saturated heterocycles. The number of thiophene rings is 1. The molecule has 46 heavy (non-hydrogen) atoms. The van der Waals surface area contributed by atoms with Crippen LogP contribution in [0, 0.1) is 0 Å². The van der Waals surface area contributed by atoms with Gasteiger partial charge in [-0.05, 0) is 28.3 Å². The van der Waals surface area contributed by atoms with E-state index in [9.17, 15) is 0 Å². The van der Waals surface area contributed by atoms with Crippen LogP contribution in [0.15, 0.2) is 152 Å². The van der Waals surface area contributed by atoms with Gasteiger partial charge in [0.2, 0.25) is 0 Å². The molecule has 0 radical (unpaired) electrons. The van der Waals surface area contributed by atoms with E-state index < -0.39 is 0 Å². The van der Waals surface area contributed by atoms with Crippen molar-refractivity contribution >= 4 is 74.9 Å². The topological polar surface area (TPSA) is 30.7 Å². The molecule has 4 heteroatoms. The fraction of sp³-hybridized carbons (Fsp3) is 0. The predicted octanol–water partition coefficient (Wildman–Crippen LogP) is 11.6. The van der Waals surface area contributed by atoms with Crippen molar-refractivity contribution in [2.45, 2.75) is 0 Å². The molecule has 0 amide bonds. The molecule has 0 aliphatic carbocycles. The lowest BCUT2D eigenvalue weighted by molar-refractivity contribution is 1.09. The first-order valence-electron chi connectivity index (χ1n) is 15.5. The molecular weight excluding hydrogens is 579 g/mol. The van der Waals surface area contributed by atoms with E-state index in [2.05, 4.69) is 132 Å². The maximum absolute atomic E-state index is 5.29. The molecule has 7 aromatic carbocycles. The van der Waals surface area contributed by atoms with E-state index in [4.69, 9.17) is 9.97 Å². The summed E-state index contributed by atoms with van der Waals surface area (Å²) in [4.78, 5) is 10.3. The number of rotatable bonds is 3. The summed E-state index contributed by atoms with van der Waals surface area (Å²) < 4.78 is 5.05. The van der Waals surface area contributed by atoms with Crippen LogP contribution < -0.4 is 0 Å². The molecule has 3 nitrogen and oxygen atoms in total. The number of hydrogen-bond acceptors (Lipinski definition) is 3. The van der Waals surface area contributed by atoms with Gasteiger partial charge < -0.3 is 4.57 Å². The van der Waals surface area contributed by atoms with Crippen molar-refractivity contribution in [3.8, 4) is 28.3 Å². The fourth-order valence-electron chi connectivity index (χ4n) is 7.26. The molecule has 10 aromatic rings. The Balaban J connectivity index is 1.46. The minimum atomic E-state index is 0.714. The smallest absolute Gasteiger partial charge is 0.159 e. The predicted molar refractivity (Wildman–Crippen MR) is 195 cm³/mol. The molecule has 0 spiro atoms. The van der Waals surface area contributed by atoms with Gasteiger partial charge in [-0.1, -0.05) is 133 Å².